The summed E-state index contributed by atoms with van der Waals surface area (Å²) in [6, 6.07) is -1.43. The van der Waals surface area contributed by atoms with Gasteiger partial charge in [-0.05, 0) is 31.4 Å². The number of carbonyl (C=O) groups is 1. The van der Waals surface area contributed by atoms with Crippen LogP contribution >= 0.6 is 11.6 Å². The number of carbonyl (C=O) groups excluding carboxylic acids is 1. The molecule has 0 amide bonds. The fraction of sp³-hybridized carbons (Fsp3) is 0.929. The summed E-state index contributed by atoms with van der Waals surface area (Å²) in [6.45, 7) is 3.61. The van der Waals surface area contributed by atoms with Crippen LogP contribution in [-0.2, 0) is 14.4 Å². The maximum absolute atomic E-state index is 15.2. The first-order chi connectivity index (χ1) is 11.7. The van der Waals surface area contributed by atoms with Gasteiger partial charge in [0.05, 0.1) is 12.6 Å². The highest BCUT2D eigenvalue weighted by Gasteiger charge is 2.85. The second kappa shape index (κ2) is 7.67. The molecular weight excluding hydrogens is 399 g/mol. The van der Waals surface area contributed by atoms with E-state index in [-0.39, 0.29) is 26.0 Å². The molecule has 0 aromatic carbocycles. The monoisotopic (exact) mass is 417 g/mol. The molecule has 3 atom stereocenters. The summed E-state index contributed by atoms with van der Waals surface area (Å²) in [5.41, 5.74) is 0. The Morgan fingerprint density at radius 2 is 1.73 bits per heavy atom. The van der Waals surface area contributed by atoms with E-state index < -0.39 is 41.0 Å². The van der Waals surface area contributed by atoms with E-state index in [2.05, 4.69) is 21.2 Å². The van der Waals surface area contributed by atoms with Crippen molar-refractivity contribution in [1.82, 2.24) is 5.06 Å². The summed E-state index contributed by atoms with van der Waals surface area (Å²) in [4.78, 5) is 16.4. The van der Waals surface area contributed by atoms with Gasteiger partial charge in [0.15, 0.2) is 0 Å². The number of hydroxylamine groups is 2. The predicted molar refractivity (Wildman–Crippen MR) is 76.8 cm³/mol. The SMILES string of the molecule is CCCN1O[C@@](F)(C(F)(F)C(F)(F)C(F)(F)Cl)[C@H](C(=O)OCC)[C@H]1CC. The van der Waals surface area contributed by atoms with Gasteiger partial charge in [-0.25, -0.2) is 4.39 Å². The van der Waals surface area contributed by atoms with Gasteiger partial charge in [0, 0.05) is 6.54 Å². The number of esters is 1. The molecule has 12 heteroatoms. The van der Waals surface area contributed by atoms with Gasteiger partial charge in [0.25, 0.3) is 0 Å². The normalized spacial score (nSPS) is 28.4. The zero-order chi connectivity index (χ0) is 20.6. The van der Waals surface area contributed by atoms with Gasteiger partial charge in [0.1, 0.15) is 5.92 Å². The molecule has 0 radical (unpaired) electrons. The van der Waals surface area contributed by atoms with Crippen LogP contribution in [0.1, 0.15) is 33.6 Å². The van der Waals surface area contributed by atoms with Gasteiger partial charge in [-0.1, -0.05) is 13.8 Å². The molecule has 0 aliphatic carbocycles. The molecule has 0 unspecified atom stereocenters. The molecule has 4 nitrogen and oxygen atoms in total. The molecular formula is C14H19ClF7NO3. The van der Waals surface area contributed by atoms with Gasteiger partial charge in [-0.3, -0.25) is 9.63 Å². The van der Waals surface area contributed by atoms with Crippen LogP contribution in [0.15, 0.2) is 0 Å². The van der Waals surface area contributed by atoms with E-state index in [1.54, 1.807) is 6.92 Å². The maximum atomic E-state index is 15.2. The van der Waals surface area contributed by atoms with Gasteiger partial charge < -0.3 is 4.74 Å². The first kappa shape index (κ1) is 23.2. The Kier molecular flexibility index (Phi) is 6.85. The average Bonchev–Trinajstić information content (AvgIpc) is 2.80. The molecule has 0 saturated carbocycles. The van der Waals surface area contributed by atoms with Crippen LogP contribution in [0, 0.1) is 5.92 Å². The second-order valence-corrected chi connectivity index (χ2v) is 6.20. The Morgan fingerprint density at radius 1 is 1.19 bits per heavy atom. The predicted octanol–water partition coefficient (Wildman–Crippen LogP) is 4.37. The van der Waals surface area contributed by atoms with Crippen LogP contribution in [0.25, 0.3) is 0 Å². The quantitative estimate of drug-likeness (QED) is 0.334. The summed E-state index contributed by atoms with van der Waals surface area (Å²) < 4.78 is 101. The van der Waals surface area contributed by atoms with Crippen molar-refractivity contribution < 1.29 is 45.1 Å². The number of hydrogen-bond acceptors (Lipinski definition) is 4. The zero-order valence-electron chi connectivity index (χ0n) is 14.2. The molecule has 26 heavy (non-hydrogen) atoms. The van der Waals surface area contributed by atoms with E-state index >= 15 is 4.39 Å². The lowest BCUT2D eigenvalue weighted by molar-refractivity contribution is -0.403. The van der Waals surface area contributed by atoms with Crippen molar-refractivity contribution in [3.05, 3.63) is 0 Å². The molecule has 0 aromatic rings. The fourth-order valence-electron chi connectivity index (χ4n) is 2.77. The summed E-state index contributed by atoms with van der Waals surface area (Å²) in [6.07, 6.45) is 0.0455. The number of halogens is 8. The highest BCUT2D eigenvalue weighted by molar-refractivity contribution is 6.22. The standard InChI is InChI=1S/C14H19ClF7NO3/c1-4-7-23-8(5-2)9(10(24)25-6-3)11(16,26-23)12(17,18)13(19,20)14(15,21)22/h8-9H,4-7H2,1-3H3/t8-,9+,11-/m1/s1. The number of nitrogens with zero attached hydrogens (tertiary/aromatic N) is 1. The smallest absolute Gasteiger partial charge is 0.392 e. The van der Waals surface area contributed by atoms with Crippen molar-refractivity contribution in [2.24, 2.45) is 5.92 Å². The van der Waals surface area contributed by atoms with E-state index in [0.717, 1.165) is 0 Å². The molecule has 0 N–H and O–H groups in total. The van der Waals surface area contributed by atoms with Crippen LogP contribution in [-0.4, -0.2) is 53.3 Å². The van der Waals surface area contributed by atoms with Gasteiger partial charge in [-0.2, -0.15) is 31.4 Å². The van der Waals surface area contributed by atoms with Crippen molar-refractivity contribution in [3.63, 3.8) is 0 Å². The second-order valence-electron chi connectivity index (χ2n) is 5.73. The third-order valence-electron chi connectivity index (χ3n) is 3.99. The van der Waals surface area contributed by atoms with Crippen molar-refractivity contribution in [2.75, 3.05) is 13.2 Å². The summed E-state index contributed by atoms with van der Waals surface area (Å²) in [7, 11) is 0. The highest BCUT2D eigenvalue weighted by Crippen LogP contribution is 2.59. The Hall–Kier alpha value is -0.810. The number of ether oxygens (including phenoxy) is 1. The van der Waals surface area contributed by atoms with Crippen molar-refractivity contribution in [1.29, 1.82) is 0 Å². The van der Waals surface area contributed by atoms with Gasteiger partial charge in [0.2, 0.25) is 0 Å². The van der Waals surface area contributed by atoms with Crippen LogP contribution in [0.2, 0.25) is 0 Å². The lowest BCUT2D eigenvalue weighted by atomic mass is 9.85. The minimum Gasteiger partial charge on any atom is -0.466 e. The van der Waals surface area contributed by atoms with Crippen LogP contribution < -0.4 is 0 Å². The Bertz CT molecular complexity index is 517. The zero-order valence-corrected chi connectivity index (χ0v) is 14.9. The maximum Gasteiger partial charge on any atom is 0.392 e. The van der Waals surface area contributed by atoms with E-state index in [0.29, 0.717) is 5.06 Å². The minimum absolute atomic E-state index is 0.173. The van der Waals surface area contributed by atoms with E-state index in [4.69, 9.17) is 0 Å². The molecule has 1 rings (SSSR count). The summed E-state index contributed by atoms with van der Waals surface area (Å²) in [5.74, 6) is -21.5. The Labute approximate surface area is 150 Å². The van der Waals surface area contributed by atoms with E-state index in [1.807, 2.05) is 0 Å². The van der Waals surface area contributed by atoms with E-state index in [1.165, 1.54) is 13.8 Å². The highest BCUT2D eigenvalue weighted by atomic mass is 35.5. The third kappa shape index (κ3) is 3.49. The largest absolute Gasteiger partial charge is 0.466 e. The molecule has 1 aliphatic rings. The molecule has 1 heterocycles. The van der Waals surface area contributed by atoms with Crippen molar-refractivity contribution in [3.8, 4) is 0 Å². The van der Waals surface area contributed by atoms with Crippen molar-refractivity contribution >= 4 is 17.6 Å². The fourth-order valence-corrected chi connectivity index (χ4v) is 2.88. The molecule has 1 saturated heterocycles. The molecule has 0 aromatic heterocycles. The van der Waals surface area contributed by atoms with Crippen molar-refractivity contribution in [2.45, 2.75) is 62.7 Å². The first-order valence-electron chi connectivity index (χ1n) is 7.86. The molecule has 154 valence electrons. The van der Waals surface area contributed by atoms with Gasteiger partial charge >= 0.3 is 29.1 Å². The topological polar surface area (TPSA) is 38.8 Å². The lowest BCUT2D eigenvalue weighted by Gasteiger charge is -2.37. The molecule has 0 bridgehead atoms. The average molecular weight is 418 g/mol. The van der Waals surface area contributed by atoms with Crippen LogP contribution in [0.5, 0.6) is 0 Å². The number of hydrogen-bond donors (Lipinski definition) is 0. The summed E-state index contributed by atoms with van der Waals surface area (Å²) in [5, 5.41) is -5.21. The third-order valence-corrected chi connectivity index (χ3v) is 4.22. The Morgan fingerprint density at radius 3 is 2.12 bits per heavy atom. The summed E-state index contributed by atoms with van der Waals surface area (Å²) >= 11 is 4.09. The number of alkyl halides is 8. The molecule has 1 aliphatic heterocycles. The van der Waals surface area contributed by atoms with Crippen LogP contribution in [0.4, 0.5) is 30.7 Å². The van der Waals surface area contributed by atoms with Crippen LogP contribution in [0.3, 0.4) is 0 Å². The molecule has 1 fully saturated rings. The lowest BCUT2D eigenvalue weighted by Crippen LogP contribution is -2.65. The first-order valence-corrected chi connectivity index (χ1v) is 8.24. The van der Waals surface area contributed by atoms with Gasteiger partial charge in [-0.15, -0.1) is 0 Å². The molecule has 0 spiro atoms. The van der Waals surface area contributed by atoms with E-state index in [9.17, 15) is 31.1 Å². The number of rotatable bonds is 8. The Balaban J connectivity index is 3.52. The minimum atomic E-state index is -6.35.